The zero-order valence-corrected chi connectivity index (χ0v) is 21.9. The van der Waals surface area contributed by atoms with Crippen LogP contribution in [0.1, 0.15) is 22.3 Å². The van der Waals surface area contributed by atoms with Gasteiger partial charge in [0.2, 0.25) is 5.91 Å². The lowest BCUT2D eigenvalue weighted by atomic mass is 9.97. The minimum absolute atomic E-state index is 0.0640. The molecule has 1 fully saturated rings. The van der Waals surface area contributed by atoms with Crippen LogP contribution in [0.15, 0.2) is 30.6 Å². The minimum atomic E-state index is -1.56. The molecule has 1 aliphatic rings. The van der Waals surface area contributed by atoms with Crippen molar-refractivity contribution >= 4 is 26.1 Å². The molecule has 1 aliphatic heterocycles. The maximum Gasteiger partial charge on any atom is 0.231 e. The maximum absolute atomic E-state index is 14.2. The first-order valence-corrected chi connectivity index (χ1v) is 15.7. The third-order valence-electron chi connectivity index (χ3n) is 6.31. The number of hydrogen-bond acceptors (Lipinski definition) is 6. The number of amides is 1. The highest BCUT2D eigenvalue weighted by Crippen LogP contribution is 2.34. The summed E-state index contributed by atoms with van der Waals surface area (Å²) in [5, 5.41) is 12.2. The number of ether oxygens (including phenoxy) is 1. The number of hydrogen-bond donors (Lipinski definition) is 0. The molecule has 37 heavy (non-hydrogen) atoms. The van der Waals surface area contributed by atoms with E-state index in [0.717, 1.165) is 18.2 Å². The number of nitrogens with zero attached hydrogens (tertiary/aromatic N) is 5. The van der Waals surface area contributed by atoms with E-state index in [1.165, 1.54) is 22.0 Å². The second kappa shape index (κ2) is 10.9. The largest absolute Gasteiger partial charge is 0.360 e. The van der Waals surface area contributed by atoms with E-state index < -0.39 is 31.4 Å². The van der Waals surface area contributed by atoms with Crippen LogP contribution in [0.25, 0.3) is 11.3 Å². The minimum Gasteiger partial charge on any atom is -0.360 e. The first kappa shape index (κ1) is 26.7. The molecule has 1 atom stereocenters. The van der Waals surface area contributed by atoms with E-state index in [-0.39, 0.29) is 42.5 Å². The number of halogens is 3. The van der Waals surface area contributed by atoms with Crippen LogP contribution in [0.3, 0.4) is 0 Å². The van der Waals surface area contributed by atoms with Crippen molar-refractivity contribution in [1.82, 2.24) is 20.0 Å². The third-order valence-corrected chi connectivity index (χ3v) is 8.01. The zero-order chi connectivity index (χ0) is 26.7. The van der Waals surface area contributed by atoms with Gasteiger partial charge < -0.3 is 4.74 Å². The average Bonchev–Trinajstić information content (AvgIpc) is 3.41. The lowest BCUT2D eigenvalue weighted by molar-refractivity contribution is -0.120. The summed E-state index contributed by atoms with van der Waals surface area (Å²) in [5.41, 5.74) is 1.13. The maximum atomic E-state index is 14.2. The predicted octanol–water partition coefficient (Wildman–Crippen LogP) is 4.48. The van der Waals surface area contributed by atoms with Crippen LogP contribution in [0.2, 0.25) is 25.7 Å². The second-order valence-corrected chi connectivity index (χ2v) is 15.8. The van der Waals surface area contributed by atoms with Gasteiger partial charge in [0.15, 0.2) is 29.6 Å². The first-order chi connectivity index (χ1) is 17.6. The van der Waals surface area contributed by atoms with Crippen LogP contribution in [0.4, 0.5) is 19.0 Å². The molecular weight excluding hydrogens is 503 g/mol. The van der Waals surface area contributed by atoms with Crippen molar-refractivity contribution in [1.29, 1.82) is 0 Å². The molecule has 0 N–H and O–H groups in total. The summed E-state index contributed by atoms with van der Waals surface area (Å²) < 4.78 is 48.6. The van der Waals surface area contributed by atoms with Gasteiger partial charge in [-0.25, -0.2) is 17.9 Å². The van der Waals surface area contributed by atoms with Crippen molar-refractivity contribution in [2.24, 2.45) is 5.92 Å². The Morgan fingerprint density at radius 3 is 2.59 bits per heavy atom. The Bertz CT molecular complexity index is 1300. The Hall–Kier alpha value is -3.38. The molecule has 196 valence electrons. The smallest absolute Gasteiger partial charge is 0.231 e. The predicted molar refractivity (Wildman–Crippen MR) is 133 cm³/mol. The molecule has 1 unspecified atom stereocenters. The van der Waals surface area contributed by atoms with Gasteiger partial charge in [-0.2, -0.15) is 15.3 Å². The molecule has 2 aromatic heterocycles. The van der Waals surface area contributed by atoms with Crippen LogP contribution >= 0.6 is 0 Å². The van der Waals surface area contributed by atoms with Crippen molar-refractivity contribution in [2.75, 3.05) is 18.1 Å². The molecule has 1 saturated heterocycles. The monoisotopic (exact) mass is 531 g/mol. The number of aldehydes is 1. The lowest BCUT2D eigenvalue weighted by Gasteiger charge is -2.16. The Kier molecular flexibility index (Phi) is 7.88. The highest BCUT2D eigenvalue weighted by Gasteiger charge is 2.37. The van der Waals surface area contributed by atoms with Gasteiger partial charge >= 0.3 is 0 Å². The molecule has 0 spiro atoms. The summed E-state index contributed by atoms with van der Waals surface area (Å²) >= 11 is 0. The zero-order valence-electron chi connectivity index (χ0n) is 20.9. The van der Waals surface area contributed by atoms with E-state index in [1.807, 2.05) is 0 Å². The molecule has 1 aromatic carbocycles. The van der Waals surface area contributed by atoms with Gasteiger partial charge in [-0.15, -0.1) is 0 Å². The highest BCUT2D eigenvalue weighted by molar-refractivity contribution is 6.76. The molecule has 1 amide bonds. The lowest BCUT2D eigenvalue weighted by Crippen LogP contribution is -2.29. The Morgan fingerprint density at radius 1 is 1.14 bits per heavy atom. The molecule has 3 aromatic rings. The van der Waals surface area contributed by atoms with Crippen LogP contribution in [-0.2, 0) is 22.7 Å². The first-order valence-electron chi connectivity index (χ1n) is 11.9. The third kappa shape index (κ3) is 5.80. The Labute approximate surface area is 213 Å². The van der Waals surface area contributed by atoms with Crippen molar-refractivity contribution in [3.63, 3.8) is 0 Å². The summed E-state index contributed by atoms with van der Waals surface area (Å²) in [5.74, 6) is -5.04. The van der Waals surface area contributed by atoms with Crippen LogP contribution < -0.4 is 4.90 Å². The van der Waals surface area contributed by atoms with Crippen LogP contribution in [0, 0.1) is 23.4 Å². The normalized spacial score (nSPS) is 16.0. The van der Waals surface area contributed by atoms with Crippen molar-refractivity contribution < 1.29 is 27.5 Å². The van der Waals surface area contributed by atoms with Gasteiger partial charge in [0.05, 0.1) is 23.7 Å². The molecule has 0 radical (unpaired) electrons. The number of carbonyl (C=O) groups excluding carboxylic acids is 2. The summed E-state index contributed by atoms with van der Waals surface area (Å²) in [4.78, 5) is 26.9. The summed E-state index contributed by atoms with van der Waals surface area (Å²) in [6.45, 7) is 7.54. The average molecular weight is 532 g/mol. The van der Waals surface area contributed by atoms with Crippen molar-refractivity contribution in [3.05, 3.63) is 59.2 Å². The Balaban J connectivity index is 1.62. The van der Waals surface area contributed by atoms with E-state index in [4.69, 9.17) is 4.74 Å². The van der Waals surface area contributed by atoms with Crippen LogP contribution in [0.5, 0.6) is 0 Å². The molecular formula is C25H28F3N5O3Si. The quantitative estimate of drug-likeness (QED) is 0.166. The van der Waals surface area contributed by atoms with E-state index in [9.17, 15) is 22.8 Å². The van der Waals surface area contributed by atoms with Gasteiger partial charge in [-0.3, -0.25) is 14.5 Å². The van der Waals surface area contributed by atoms with Crippen molar-refractivity contribution in [3.8, 4) is 11.3 Å². The molecule has 12 heteroatoms. The topological polar surface area (TPSA) is 90.2 Å². The molecule has 3 heterocycles. The fourth-order valence-electron chi connectivity index (χ4n) is 4.26. The number of rotatable bonds is 10. The molecule has 4 rings (SSSR count). The van der Waals surface area contributed by atoms with Gasteiger partial charge in [0, 0.05) is 32.7 Å². The van der Waals surface area contributed by atoms with E-state index >= 15 is 0 Å². The summed E-state index contributed by atoms with van der Waals surface area (Å²) in [6.07, 6.45) is 3.84. The van der Waals surface area contributed by atoms with E-state index in [0.29, 0.717) is 30.6 Å². The molecule has 0 saturated carbocycles. The van der Waals surface area contributed by atoms with Crippen molar-refractivity contribution in [2.45, 2.75) is 45.3 Å². The Morgan fingerprint density at radius 2 is 1.92 bits per heavy atom. The standard InChI is InChI=1S/C25H28F3N5O3Si/c1-37(2,3)11-10-36-15-33-23(18-6-8-29-30-13-18)19(14-34)24(31-33)32-9-7-17(25(32)35)12-16-4-5-20(26)22(28)21(16)27/h4-6,8,13-14,17H,7,9-12,15H2,1-3H3. The number of carbonyl (C=O) groups is 2. The summed E-state index contributed by atoms with van der Waals surface area (Å²) in [7, 11) is -1.32. The highest BCUT2D eigenvalue weighted by atomic mass is 28.3. The fourth-order valence-corrected chi connectivity index (χ4v) is 5.01. The molecule has 8 nitrogen and oxygen atoms in total. The van der Waals surface area contributed by atoms with Gasteiger partial charge in [0.1, 0.15) is 6.73 Å². The molecule has 0 bridgehead atoms. The van der Waals surface area contributed by atoms with Crippen LogP contribution in [-0.4, -0.2) is 53.4 Å². The molecule has 0 aliphatic carbocycles. The summed E-state index contributed by atoms with van der Waals surface area (Å²) in [6, 6.07) is 4.61. The SMILES string of the molecule is C[Si](C)(C)CCOCn1nc(N2CCC(Cc3ccc(F)c(F)c3F)C2=O)c(C=O)c1-c1ccnnc1. The fraction of sp³-hybridized carbons (Fsp3) is 0.400. The second-order valence-electron chi connectivity index (χ2n) is 10.2. The number of aromatic nitrogens is 4. The van der Waals surface area contributed by atoms with E-state index in [2.05, 4.69) is 34.9 Å². The van der Waals surface area contributed by atoms with Gasteiger partial charge in [0.25, 0.3) is 0 Å². The number of benzene rings is 1. The van der Waals surface area contributed by atoms with E-state index in [1.54, 1.807) is 6.07 Å². The van der Waals surface area contributed by atoms with Gasteiger partial charge in [-0.1, -0.05) is 25.7 Å². The number of anilines is 1. The van der Waals surface area contributed by atoms with Gasteiger partial charge in [-0.05, 0) is 36.6 Å².